The van der Waals surface area contributed by atoms with Crippen LogP contribution >= 0.6 is 11.6 Å². The number of aromatic nitrogens is 2. The van der Waals surface area contributed by atoms with Crippen molar-refractivity contribution in [2.24, 2.45) is 0 Å². The average molecular weight is 577 g/mol. The van der Waals surface area contributed by atoms with Gasteiger partial charge in [0.1, 0.15) is 6.61 Å². The maximum atomic E-state index is 12.9. The molecule has 4 aromatic carbocycles. The number of halogens is 1. The molecule has 0 fully saturated rings. The number of hydrogen-bond acceptors (Lipinski definition) is 4. The van der Waals surface area contributed by atoms with Gasteiger partial charge in [-0.1, -0.05) is 60.1 Å². The fourth-order valence-corrected chi connectivity index (χ4v) is 5.46. The van der Waals surface area contributed by atoms with Crippen molar-refractivity contribution in [3.63, 3.8) is 0 Å². The molecule has 1 aliphatic rings. The summed E-state index contributed by atoms with van der Waals surface area (Å²) in [6.45, 7) is 2.37. The van der Waals surface area contributed by atoms with E-state index in [2.05, 4.69) is 16.7 Å². The first-order chi connectivity index (χ1) is 20.5. The van der Waals surface area contributed by atoms with Gasteiger partial charge < -0.3 is 15.4 Å². The lowest BCUT2D eigenvalue weighted by Gasteiger charge is -2.20. The summed E-state index contributed by atoms with van der Waals surface area (Å²) in [5.41, 5.74) is 9.06. The molecule has 6 rings (SSSR count). The summed E-state index contributed by atoms with van der Waals surface area (Å²) in [4.78, 5) is 25.3. The predicted octanol–water partition coefficient (Wildman–Crippen LogP) is 7.01. The third kappa shape index (κ3) is 5.84. The normalized spacial score (nSPS) is 11.9. The Morgan fingerprint density at radius 2 is 1.62 bits per heavy atom. The standard InChI is InChI=1S/C34H29ClN4O3/c1-22-28-18-12-24-11-13-26(37-34(41)29-9-5-6-10-31(29)35)19-30(24)33(28)39(38-22)27-16-14-25(15-17-27)36-32(40)21-42-20-23-7-3-2-4-8-23/h2-11,13-17,19H,12,18,20-21H2,1H3,(H,36,40)(H,37,41). The van der Waals surface area contributed by atoms with Gasteiger partial charge in [0, 0.05) is 22.5 Å². The van der Waals surface area contributed by atoms with Gasteiger partial charge >= 0.3 is 0 Å². The van der Waals surface area contributed by atoms with Crippen LogP contribution in [0.4, 0.5) is 11.4 Å². The number of nitrogens with one attached hydrogen (secondary N) is 2. The second-order valence-electron chi connectivity index (χ2n) is 10.2. The highest BCUT2D eigenvalue weighted by Gasteiger charge is 2.25. The molecule has 0 unspecified atom stereocenters. The number of amides is 2. The van der Waals surface area contributed by atoms with E-state index in [4.69, 9.17) is 21.4 Å². The van der Waals surface area contributed by atoms with Crippen LogP contribution in [0.3, 0.4) is 0 Å². The Morgan fingerprint density at radius 3 is 2.40 bits per heavy atom. The van der Waals surface area contributed by atoms with Crippen LogP contribution < -0.4 is 10.6 Å². The lowest BCUT2D eigenvalue weighted by Crippen LogP contribution is -2.18. The molecule has 2 N–H and O–H groups in total. The van der Waals surface area contributed by atoms with E-state index < -0.39 is 0 Å². The molecule has 0 saturated heterocycles. The molecule has 5 aromatic rings. The van der Waals surface area contributed by atoms with E-state index in [9.17, 15) is 9.59 Å². The Morgan fingerprint density at radius 1 is 0.881 bits per heavy atom. The molecule has 1 aromatic heterocycles. The van der Waals surface area contributed by atoms with Crippen molar-refractivity contribution in [3.8, 4) is 16.9 Å². The molecule has 0 radical (unpaired) electrons. The van der Waals surface area contributed by atoms with E-state index in [0.717, 1.165) is 41.0 Å². The van der Waals surface area contributed by atoms with Gasteiger partial charge in [-0.3, -0.25) is 9.59 Å². The highest BCUT2D eigenvalue weighted by atomic mass is 35.5. The highest BCUT2D eigenvalue weighted by molar-refractivity contribution is 6.34. The summed E-state index contributed by atoms with van der Waals surface area (Å²) in [5, 5.41) is 11.2. The maximum absolute atomic E-state index is 12.9. The summed E-state index contributed by atoms with van der Waals surface area (Å²) in [7, 11) is 0. The number of benzene rings is 4. The topological polar surface area (TPSA) is 85.2 Å². The summed E-state index contributed by atoms with van der Waals surface area (Å²) in [6.07, 6.45) is 1.78. The first-order valence-electron chi connectivity index (χ1n) is 13.8. The minimum absolute atomic E-state index is 0.0331. The van der Waals surface area contributed by atoms with E-state index in [1.807, 2.05) is 78.3 Å². The molecule has 0 spiro atoms. The molecule has 0 aliphatic heterocycles. The minimum atomic E-state index is -0.260. The number of fused-ring (bicyclic) bond motifs is 3. The quantitative estimate of drug-likeness (QED) is 0.208. The van der Waals surface area contributed by atoms with Gasteiger partial charge in [0.05, 0.1) is 34.3 Å². The van der Waals surface area contributed by atoms with E-state index in [0.29, 0.717) is 28.6 Å². The molecule has 42 heavy (non-hydrogen) atoms. The van der Waals surface area contributed by atoms with Gasteiger partial charge in [0.2, 0.25) is 5.91 Å². The Kier molecular flexibility index (Phi) is 7.86. The van der Waals surface area contributed by atoms with E-state index >= 15 is 0 Å². The van der Waals surface area contributed by atoms with Gasteiger partial charge in [-0.05, 0) is 79.4 Å². The van der Waals surface area contributed by atoms with Gasteiger partial charge in [-0.15, -0.1) is 0 Å². The van der Waals surface area contributed by atoms with Crippen molar-refractivity contribution < 1.29 is 14.3 Å². The maximum Gasteiger partial charge on any atom is 0.257 e. The Labute approximate surface area is 249 Å². The number of hydrogen-bond donors (Lipinski definition) is 2. The van der Waals surface area contributed by atoms with Gasteiger partial charge in [0.25, 0.3) is 5.91 Å². The Balaban J connectivity index is 1.19. The molecule has 1 heterocycles. The van der Waals surface area contributed by atoms with Gasteiger partial charge in [-0.2, -0.15) is 5.10 Å². The minimum Gasteiger partial charge on any atom is -0.367 e. The number of aryl methyl sites for hydroxylation is 2. The van der Waals surface area contributed by atoms with Crippen LogP contribution in [0, 0.1) is 6.92 Å². The molecule has 8 heteroatoms. The summed E-state index contributed by atoms with van der Waals surface area (Å²) in [5.74, 6) is -0.476. The van der Waals surface area contributed by atoms with Crippen LogP contribution in [0.25, 0.3) is 16.9 Å². The van der Waals surface area contributed by atoms with E-state index in [1.165, 1.54) is 11.1 Å². The first-order valence-corrected chi connectivity index (χ1v) is 14.1. The number of carbonyl (C=O) groups is 2. The van der Waals surface area contributed by atoms with Crippen LogP contribution in [0.2, 0.25) is 5.02 Å². The van der Waals surface area contributed by atoms with Gasteiger partial charge in [0.15, 0.2) is 0 Å². The Bertz CT molecular complexity index is 1760. The van der Waals surface area contributed by atoms with Crippen molar-refractivity contribution in [1.82, 2.24) is 9.78 Å². The summed E-state index contributed by atoms with van der Waals surface area (Å²) >= 11 is 6.24. The largest absolute Gasteiger partial charge is 0.367 e. The third-order valence-electron chi connectivity index (χ3n) is 7.31. The fraction of sp³-hybridized carbons (Fsp3) is 0.147. The lowest BCUT2D eigenvalue weighted by atomic mass is 9.88. The number of ether oxygens (including phenoxy) is 1. The van der Waals surface area contributed by atoms with E-state index in [1.54, 1.807) is 24.3 Å². The SMILES string of the molecule is Cc1nn(-c2ccc(NC(=O)COCc3ccccc3)cc2)c2c1CCc1ccc(NC(=O)c3ccccc3Cl)cc1-2. The van der Waals surface area contributed by atoms with Crippen LogP contribution in [0.5, 0.6) is 0 Å². The highest BCUT2D eigenvalue weighted by Crippen LogP contribution is 2.38. The van der Waals surface area contributed by atoms with Crippen LogP contribution in [0.1, 0.15) is 32.7 Å². The molecule has 1 aliphatic carbocycles. The number of anilines is 2. The fourth-order valence-electron chi connectivity index (χ4n) is 5.24. The average Bonchev–Trinajstić information content (AvgIpc) is 3.35. The molecular weight excluding hydrogens is 548 g/mol. The molecule has 0 bridgehead atoms. The zero-order chi connectivity index (χ0) is 29.1. The van der Waals surface area contributed by atoms with Crippen molar-refractivity contribution in [2.75, 3.05) is 17.2 Å². The zero-order valence-corrected chi connectivity index (χ0v) is 23.8. The second-order valence-corrected chi connectivity index (χ2v) is 10.6. The molecule has 0 saturated carbocycles. The Hall–Kier alpha value is -4.72. The number of rotatable bonds is 8. The molecule has 7 nitrogen and oxygen atoms in total. The summed E-state index contributed by atoms with van der Waals surface area (Å²) < 4.78 is 7.49. The van der Waals surface area contributed by atoms with Crippen LogP contribution in [0.15, 0.2) is 97.1 Å². The van der Waals surface area contributed by atoms with Crippen molar-refractivity contribution >= 4 is 34.8 Å². The smallest absolute Gasteiger partial charge is 0.257 e. The van der Waals surface area contributed by atoms with Crippen molar-refractivity contribution in [2.45, 2.75) is 26.4 Å². The number of nitrogens with zero attached hydrogens (tertiary/aromatic N) is 2. The van der Waals surface area contributed by atoms with Crippen molar-refractivity contribution in [3.05, 3.63) is 130 Å². The number of carbonyl (C=O) groups excluding carboxylic acids is 2. The zero-order valence-electron chi connectivity index (χ0n) is 23.1. The predicted molar refractivity (Wildman–Crippen MR) is 165 cm³/mol. The molecule has 210 valence electrons. The van der Waals surface area contributed by atoms with Gasteiger partial charge in [-0.25, -0.2) is 4.68 Å². The second kappa shape index (κ2) is 12.0. The molecule has 2 amide bonds. The monoisotopic (exact) mass is 576 g/mol. The first kappa shape index (κ1) is 27.4. The van der Waals surface area contributed by atoms with Crippen LogP contribution in [-0.2, 0) is 29.0 Å². The van der Waals surface area contributed by atoms with Crippen molar-refractivity contribution in [1.29, 1.82) is 0 Å². The third-order valence-corrected chi connectivity index (χ3v) is 7.64. The lowest BCUT2D eigenvalue weighted by molar-refractivity contribution is -0.121. The van der Waals surface area contributed by atoms with E-state index in [-0.39, 0.29) is 18.4 Å². The molecular formula is C34H29ClN4O3. The molecule has 0 atom stereocenters. The summed E-state index contributed by atoms with van der Waals surface area (Å²) in [6, 6.07) is 30.3. The van der Waals surface area contributed by atoms with Crippen LogP contribution in [-0.4, -0.2) is 28.2 Å².